The van der Waals surface area contributed by atoms with Gasteiger partial charge < -0.3 is 5.32 Å². The van der Waals surface area contributed by atoms with Gasteiger partial charge in [0.15, 0.2) is 0 Å². The minimum Gasteiger partial charge on any atom is -0.352 e. The Morgan fingerprint density at radius 1 is 1.10 bits per heavy atom. The molecule has 1 fully saturated rings. The fourth-order valence-corrected chi connectivity index (χ4v) is 5.07. The molecule has 0 radical (unpaired) electrons. The molecule has 0 saturated heterocycles. The molecule has 1 amide bonds. The molecular formula is C22H25N3O3S. The van der Waals surface area contributed by atoms with Crippen molar-refractivity contribution in [3.63, 3.8) is 0 Å². The summed E-state index contributed by atoms with van der Waals surface area (Å²) in [7, 11) is -3.97. The molecule has 0 heterocycles. The summed E-state index contributed by atoms with van der Waals surface area (Å²) in [5.41, 5.74) is 0.794. The maximum atomic E-state index is 13.3. The third-order valence-electron chi connectivity index (χ3n) is 5.36. The summed E-state index contributed by atoms with van der Waals surface area (Å²) in [5, 5.41) is 12.0. The molecule has 2 aromatic carbocycles. The van der Waals surface area contributed by atoms with Gasteiger partial charge in [0.25, 0.3) is 10.0 Å². The highest BCUT2D eigenvalue weighted by atomic mass is 32.2. The van der Waals surface area contributed by atoms with Gasteiger partial charge >= 0.3 is 0 Å². The van der Waals surface area contributed by atoms with Crippen molar-refractivity contribution >= 4 is 21.6 Å². The molecule has 1 aliphatic carbocycles. The van der Waals surface area contributed by atoms with Gasteiger partial charge in [-0.25, -0.2) is 8.42 Å². The molecule has 0 aromatic heterocycles. The highest BCUT2D eigenvalue weighted by molar-refractivity contribution is 7.92. The first-order valence-electron chi connectivity index (χ1n) is 9.79. The second-order valence-electron chi connectivity index (χ2n) is 7.42. The number of anilines is 1. The van der Waals surface area contributed by atoms with Crippen LogP contribution in [0.15, 0.2) is 59.5 Å². The van der Waals surface area contributed by atoms with Gasteiger partial charge in [0, 0.05) is 6.04 Å². The van der Waals surface area contributed by atoms with E-state index in [1.807, 2.05) is 6.07 Å². The maximum absolute atomic E-state index is 13.3. The van der Waals surface area contributed by atoms with Crippen LogP contribution in [0, 0.1) is 17.2 Å². The lowest BCUT2D eigenvalue weighted by Gasteiger charge is -2.31. The molecule has 152 valence electrons. The van der Waals surface area contributed by atoms with Crippen LogP contribution in [0.1, 0.15) is 38.2 Å². The van der Waals surface area contributed by atoms with Crippen molar-refractivity contribution < 1.29 is 13.2 Å². The zero-order valence-corrected chi connectivity index (χ0v) is 17.2. The molecule has 0 unspecified atom stereocenters. The van der Waals surface area contributed by atoms with E-state index in [-0.39, 0.29) is 23.4 Å². The molecule has 0 spiro atoms. The number of rotatable bonds is 6. The summed E-state index contributed by atoms with van der Waals surface area (Å²) in [6, 6.07) is 16.3. The van der Waals surface area contributed by atoms with Crippen LogP contribution in [0.2, 0.25) is 0 Å². The quantitative estimate of drug-likeness (QED) is 0.788. The summed E-state index contributed by atoms with van der Waals surface area (Å²) >= 11 is 0. The Bertz CT molecular complexity index is 982. The van der Waals surface area contributed by atoms with Crippen LogP contribution in [-0.4, -0.2) is 26.9 Å². The van der Waals surface area contributed by atoms with Crippen LogP contribution in [0.5, 0.6) is 0 Å². The maximum Gasteiger partial charge on any atom is 0.264 e. The van der Waals surface area contributed by atoms with Crippen molar-refractivity contribution in [3.05, 3.63) is 60.2 Å². The average molecular weight is 412 g/mol. The van der Waals surface area contributed by atoms with Gasteiger partial charge in [0.05, 0.1) is 22.2 Å². The third-order valence-corrected chi connectivity index (χ3v) is 7.15. The van der Waals surface area contributed by atoms with E-state index in [0.717, 1.165) is 30.0 Å². The van der Waals surface area contributed by atoms with Gasteiger partial charge in [-0.1, -0.05) is 38.0 Å². The fraction of sp³-hybridized carbons (Fsp3) is 0.364. The topological polar surface area (TPSA) is 90.3 Å². The van der Waals surface area contributed by atoms with E-state index in [2.05, 4.69) is 12.2 Å². The molecule has 2 atom stereocenters. The first kappa shape index (κ1) is 20.9. The van der Waals surface area contributed by atoms with Crippen LogP contribution in [0.4, 0.5) is 5.69 Å². The minimum atomic E-state index is -3.97. The number of nitrogens with zero attached hydrogens (tertiary/aromatic N) is 2. The summed E-state index contributed by atoms with van der Waals surface area (Å²) < 4.78 is 27.7. The summed E-state index contributed by atoms with van der Waals surface area (Å²) in [6.45, 7) is 1.82. The second-order valence-corrected chi connectivity index (χ2v) is 9.28. The van der Waals surface area contributed by atoms with Gasteiger partial charge in [0.1, 0.15) is 6.54 Å². The van der Waals surface area contributed by atoms with Crippen LogP contribution in [-0.2, 0) is 14.8 Å². The molecule has 6 nitrogen and oxygen atoms in total. The lowest BCUT2D eigenvalue weighted by Crippen LogP contribution is -2.47. The molecule has 1 saturated carbocycles. The third kappa shape index (κ3) is 4.96. The predicted octanol–water partition coefficient (Wildman–Crippen LogP) is 3.45. The van der Waals surface area contributed by atoms with Crippen molar-refractivity contribution in [2.45, 2.75) is 43.5 Å². The smallest absolute Gasteiger partial charge is 0.264 e. The average Bonchev–Trinajstić information content (AvgIpc) is 2.74. The molecule has 7 heteroatoms. The Kier molecular flexibility index (Phi) is 6.55. The van der Waals surface area contributed by atoms with Gasteiger partial charge in [-0.3, -0.25) is 9.10 Å². The largest absolute Gasteiger partial charge is 0.352 e. The number of hydrogen-bond acceptors (Lipinski definition) is 4. The van der Waals surface area contributed by atoms with E-state index in [4.69, 9.17) is 5.26 Å². The number of nitrogens with one attached hydrogen (secondary N) is 1. The Morgan fingerprint density at radius 3 is 2.38 bits per heavy atom. The zero-order valence-electron chi connectivity index (χ0n) is 16.4. The van der Waals surface area contributed by atoms with Gasteiger partial charge in [-0.05, 0) is 55.2 Å². The van der Waals surface area contributed by atoms with Crippen molar-refractivity contribution in [1.29, 1.82) is 5.26 Å². The van der Waals surface area contributed by atoms with Gasteiger partial charge in [-0.15, -0.1) is 0 Å². The molecule has 1 N–H and O–H groups in total. The Morgan fingerprint density at radius 2 is 1.76 bits per heavy atom. The van der Waals surface area contributed by atoms with Crippen LogP contribution >= 0.6 is 0 Å². The number of nitriles is 1. The van der Waals surface area contributed by atoms with E-state index in [1.165, 1.54) is 24.3 Å². The number of amides is 1. The summed E-state index contributed by atoms with van der Waals surface area (Å²) in [6.07, 6.45) is 4.22. The van der Waals surface area contributed by atoms with E-state index in [1.54, 1.807) is 30.3 Å². The van der Waals surface area contributed by atoms with E-state index < -0.39 is 10.0 Å². The molecule has 1 aliphatic rings. The van der Waals surface area contributed by atoms with Gasteiger partial charge in [0.2, 0.25) is 5.91 Å². The highest BCUT2D eigenvalue weighted by Gasteiger charge is 2.29. The monoisotopic (exact) mass is 411 g/mol. The number of para-hydroxylation sites is 1. The number of hydrogen-bond donors (Lipinski definition) is 1. The number of carbonyl (C=O) groups excluding carboxylic acids is 1. The molecule has 0 bridgehead atoms. The normalized spacial score (nSPS) is 19.2. The molecule has 0 aliphatic heterocycles. The van der Waals surface area contributed by atoms with Crippen molar-refractivity contribution in [2.24, 2.45) is 5.92 Å². The van der Waals surface area contributed by atoms with E-state index in [0.29, 0.717) is 17.2 Å². The first-order valence-corrected chi connectivity index (χ1v) is 11.2. The molecule has 29 heavy (non-hydrogen) atoms. The Balaban J connectivity index is 1.86. The summed E-state index contributed by atoms with van der Waals surface area (Å²) in [4.78, 5) is 12.8. The van der Waals surface area contributed by atoms with Gasteiger partial charge in [-0.2, -0.15) is 5.26 Å². The summed E-state index contributed by atoms with van der Waals surface area (Å²) in [5.74, 6) is 0.0674. The van der Waals surface area contributed by atoms with Crippen molar-refractivity contribution in [2.75, 3.05) is 10.8 Å². The number of benzene rings is 2. The lowest BCUT2D eigenvalue weighted by molar-refractivity contribution is -0.120. The van der Waals surface area contributed by atoms with E-state index in [9.17, 15) is 13.2 Å². The standard InChI is InChI=1S/C22H25N3O3S/c1-17-7-5-6-10-21(17)24-22(26)16-25(19-8-3-2-4-9-19)29(27,28)20-13-11-18(15-23)12-14-20/h2-4,8-9,11-14,17,21H,5-7,10,16H2,1H3,(H,24,26)/t17-,21-/m0/s1. The minimum absolute atomic E-state index is 0.0409. The first-order chi connectivity index (χ1) is 13.9. The lowest BCUT2D eigenvalue weighted by atomic mass is 9.86. The highest BCUT2D eigenvalue weighted by Crippen LogP contribution is 2.25. The van der Waals surface area contributed by atoms with Crippen molar-refractivity contribution in [3.8, 4) is 6.07 Å². The molecule has 3 rings (SSSR count). The van der Waals surface area contributed by atoms with E-state index >= 15 is 0 Å². The number of sulfonamides is 1. The SMILES string of the molecule is C[C@H]1CCCC[C@@H]1NC(=O)CN(c1ccccc1)S(=O)(=O)c1ccc(C#N)cc1. The Hall–Kier alpha value is -2.85. The van der Waals surface area contributed by atoms with Crippen molar-refractivity contribution in [1.82, 2.24) is 5.32 Å². The number of carbonyl (C=O) groups is 1. The van der Waals surface area contributed by atoms with Crippen LogP contribution < -0.4 is 9.62 Å². The predicted molar refractivity (Wildman–Crippen MR) is 112 cm³/mol. The van der Waals surface area contributed by atoms with Crippen LogP contribution in [0.25, 0.3) is 0 Å². The zero-order chi connectivity index (χ0) is 20.9. The van der Waals surface area contributed by atoms with Crippen LogP contribution in [0.3, 0.4) is 0 Å². The Labute approximate surface area is 172 Å². The second kappa shape index (κ2) is 9.10. The molecule has 2 aromatic rings. The fourth-order valence-electron chi connectivity index (χ4n) is 3.65. The molecular weight excluding hydrogens is 386 g/mol.